The SMILES string of the molecule is CCOC(=O)c1cc(CC)sc1NC(=O)C1CCN(C(=O)C2CC2)CC1. The van der Waals surface area contributed by atoms with Crippen LogP contribution in [0, 0.1) is 11.8 Å². The van der Waals surface area contributed by atoms with Crippen molar-refractivity contribution in [2.24, 2.45) is 11.8 Å². The fraction of sp³-hybridized carbons (Fsp3) is 0.632. The molecular weight excluding hydrogens is 352 g/mol. The minimum absolute atomic E-state index is 0.0708. The van der Waals surface area contributed by atoms with Crippen molar-refractivity contribution < 1.29 is 19.1 Å². The highest BCUT2D eigenvalue weighted by atomic mass is 32.1. The van der Waals surface area contributed by atoms with Crippen molar-refractivity contribution in [2.75, 3.05) is 25.0 Å². The Bertz CT molecular complexity index is 688. The van der Waals surface area contributed by atoms with Gasteiger partial charge in [-0.25, -0.2) is 4.79 Å². The molecule has 1 aliphatic heterocycles. The summed E-state index contributed by atoms with van der Waals surface area (Å²) in [5.74, 6) is -0.118. The van der Waals surface area contributed by atoms with Crippen molar-refractivity contribution >= 4 is 34.1 Å². The molecule has 3 rings (SSSR count). The zero-order valence-corrected chi connectivity index (χ0v) is 16.2. The summed E-state index contributed by atoms with van der Waals surface area (Å²) in [6, 6.07) is 1.80. The third-order valence-electron chi connectivity index (χ3n) is 4.97. The first-order valence-electron chi connectivity index (χ1n) is 9.42. The van der Waals surface area contributed by atoms with Gasteiger partial charge in [0.15, 0.2) is 0 Å². The summed E-state index contributed by atoms with van der Waals surface area (Å²) in [6.45, 7) is 5.36. The molecule has 1 aliphatic carbocycles. The van der Waals surface area contributed by atoms with Crippen molar-refractivity contribution in [3.05, 3.63) is 16.5 Å². The fourth-order valence-corrected chi connectivity index (χ4v) is 4.22. The summed E-state index contributed by atoms with van der Waals surface area (Å²) in [4.78, 5) is 39.8. The summed E-state index contributed by atoms with van der Waals surface area (Å²) in [6.07, 6.45) is 4.16. The van der Waals surface area contributed by atoms with Crippen LogP contribution in [0.1, 0.15) is 54.8 Å². The maximum absolute atomic E-state index is 12.7. The second-order valence-electron chi connectivity index (χ2n) is 6.89. The van der Waals surface area contributed by atoms with Gasteiger partial charge in [0.05, 0.1) is 12.2 Å². The van der Waals surface area contributed by atoms with Crippen molar-refractivity contribution in [2.45, 2.75) is 46.0 Å². The van der Waals surface area contributed by atoms with Gasteiger partial charge in [0.25, 0.3) is 0 Å². The molecule has 0 aromatic carbocycles. The van der Waals surface area contributed by atoms with Gasteiger partial charge < -0.3 is 15.0 Å². The number of hydrogen-bond acceptors (Lipinski definition) is 5. The van der Waals surface area contributed by atoms with Crippen LogP contribution < -0.4 is 5.32 Å². The van der Waals surface area contributed by atoms with Gasteiger partial charge in [-0.1, -0.05) is 6.92 Å². The number of likely N-dealkylation sites (tertiary alicyclic amines) is 1. The van der Waals surface area contributed by atoms with Crippen molar-refractivity contribution in [3.63, 3.8) is 0 Å². The van der Waals surface area contributed by atoms with Gasteiger partial charge in [-0.05, 0) is 45.1 Å². The van der Waals surface area contributed by atoms with E-state index in [0.29, 0.717) is 43.1 Å². The topological polar surface area (TPSA) is 75.7 Å². The Morgan fingerprint density at radius 3 is 2.42 bits per heavy atom. The number of carbonyl (C=O) groups excluding carboxylic acids is 3. The Kier molecular flexibility index (Phi) is 5.96. The minimum atomic E-state index is -0.399. The number of hydrogen-bond donors (Lipinski definition) is 1. The molecule has 142 valence electrons. The molecule has 2 amide bonds. The van der Waals surface area contributed by atoms with Crippen LogP contribution in [-0.2, 0) is 20.7 Å². The van der Waals surface area contributed by atoms with Crippen LogP contribution in [0.4, 0.5) is 5.00 Å². The second-order valence-corrected chi connectivity index (χ2v) is 8.03. The molecular formula is C19H26N2O4S. The van der Waals surface area contributed by atoms with E-state index in [1.165, 1.54) is 11.3 Å². The first-order valence-corrected chi connectivity index (χ1v) is 10.2. The number of aryl methyl sites for hydroxylation is 1. The highest BCUT2D eigenvalue weighted by molar-refractivity contribution is 7.16. The number of anilines is 1. The Balaban J connectivity index is 1.60. The molecule has 1 N–H and O–H groups in total. The Labute approximate surface area is 157 Å². The summed E-state index contributed by atoms with van der Waals surface area (Å²) >= 11 is 1.43. The van der Waals surface area contributed by atoms with Gasteiger partial charge in [0, 0.05) is 29.8 Å². The minimum Gasteiger partial charge on any atom is -0.462 e. The van der Waals surface area contributed by atoms with Crippen LogP contribution in [0.5, 0.6) is 0 Å². The predicted molar refractivity (Wildman–Crippen MR) is 100 cm³/mol. The van der Waals surface area contributed by atoms with Gasteiger partial charge in [-0.2, -0.15) is 0 Å². The Hall–Kier alpha value is -1.89. The van der Waals surface area contributed by atoms with Crippen LogP contribution in [0.25, 0.3) is 0 Å². The standard InChI is InChI=1S/C19H26N2O4S/c1-3-14-11-15(19(24)25-4-2)17(26-14)20-16(22)12-7-9-21(10-8-12)18(23)13-5-6-13/h11-13H,3-10H2,1-2H3,(H,20,22). The molecule has 0 unspecified atom stereocenters. The number of carbonyl (C=O) groups is 3. The smallest absolute Gasteiger partial charge is 0.341 e. The monoisotopic (exact) mass is 378 g/mol. The Morgan fingerprint density at radius 2 is 1.85 bits per heavy atom. The third-order valence-corrected chi connectivity index (χ3v) is 6.16. The molecule has 7 heteroatoms. The quantitative estimate of drug-likeness (QED) is 0.772. The van der Waals surface area contributed by atoms with E-state index in [0.717, 1.165) is 24.1 Å². The summed E-state index contributed by atoms with van der Waals surface area (Å²) in [5.41, 5.74) is 0.434. The molecule has 1 aromatic rings. The highest BCUT2D eigenvalue weighted by Crippen LogP contribution is 2.33. The average Bonchev–Trinajstić information content (AvgIpc) is 3.42. The summed E-state index contributed by atoms with van der Waals surface area (Å²) in [5, 5.41) is 3.50. The number of ether oxygens (including phenoxy) is 1. The number of esters is 1. The van der Waals surface area contributed by atoms with Crippen LogP contribution in [0.15, 0.2) is 6.07 Å². The third kappa shape index (κ3) is 4.26. The molecule has 26 heavy (non-hydrogen) atoms. The van der Waals surface area contributed by atoms with Crippen LogP contribution >= 0.6 is 11.3 Å². The van der Waals surface area contributed by atoms with Crippen LogP contribution in [0.2, 0.25) is 0 Å². The van der Waals surface area contributed by atoms with Gasteiger partial charge in [0.1, 0.15) is 5.00 Å². The maximum atomic E-state index is 12.7. The number of rotatable bonds is 6. The van der Waals surface area contributed by atoms with E-state index in [9.17, 15) is 14.4 Å². The number of amides is 2. The zero-order chi connectivity index (χ0) is 18.7. The summed E-state index contributed by atoms with van der Waals surface area (Å²) < 4.78 is 5.09. The van der Waals surface area contributed by atoms with E-state index in [2.05, 4.69) is 5.32 Å². The molecule has 6 nitrogen and oxygen atoms in total. The number of nitrogens with zero attached hydrogens (tertiary/aromatic N) is 1. The number of thiophene rings is 1. The largest absolute Gasteiger partial charge is 0.462 e. The molecule has 2 heterocycles. The fourth-order valence-electron chi connectivity index (χ4n) is 3.23. The van der Waals surface area contributed by atoms with E-state index in [-0.39, 0.29) is 23.7 Å². The average molecular weight is 378 g/mol. The number of nitrogens with one attached hydrogen (secondary N) is 1. The molecule has 0 atom stereocenters. The molecule has 1 saturated carbocycles. The highest BCUT2D eigenvalue weighted by Gasteiger charge is 2.36. The van der Waals surface area contributed by atoms with E-state index in [1.807, 2.05) is 11.8 Å². The second kappa shape index (κ2) is 8.20. The predicted octanol–water partition coefficient (Wildman–Crippen LogP) is 3.07. The normalized spacial score (nSPS) is 17.8. The Morgan fingerprint density at radius 1 is 1.15 bits per heavy atom. The van der Waals surface area contributed by atoms with Gasteiger partial charge in [0.2, 0.25) is 11.8 Å². The molecule has 0 bridgehead atoms. The van der Waals surface area contributed by atoms with E-state index < -0.39 is 5.97 Å². The van der Waals surface area contributed by atoms with E-state index in [1.54, 1.807) is 13.0 Å². The van der Waals surface area contributed by atoms with Crippen LogP contribution in [0.3, 0.4) is 0 Å². The summed E-state index contributed by atoms with van der Waals surface area (Å²) in [7, 11) is 0. The molecule has 1 aromatic heterocycles. The first-order chi connectivity index (χ1) is 12.5. The van der Waals surface area contributed by atoms with Crippen molar-refractivity contribution in [1.82, 2.24) is 4.90 Å². The lowest BCUT2D eigenvalue weighted by Crippen LogP contribution is -2.42. The molecule has 2 fully saturated rings. The zero-order valence-electron chi connectivity index (χ0n) is 15.4. The van der Waals surface area contributed by atoms with E-state index >= 15 is 0 Å². The lowest BCUT2D eigenvalue weighted by Gasteiger charge is -2.31. The first kappa shape index (κ1) is 18.9. The van der Waals surface area contributed by atoms with Crippen molar-refractivity contribution in [3.8, 4) is 0 Å². The number of piperidine rings is 1. The van der Waals surface area contributed by atoms with Gasteiger partial charge in [-0.15, -0.1) is 11.3 Å². The maximum Gasteiger partial charge on any atom is 0.341 e. The molecule has 2 aliphatic rings. The van der Waals surface area contributed by atoms with E-state index in [4.69, 9.17) is 4.74 Å². The van der Waals surface area contributed by atoms with Crippen molar-refractivity contribution in [1.29, 1.82) is 0 Å². The van der Waals surface area contributed by atoms with Gasteiger partial charge in [-0.3, -0.25) is 9.59 Å². The lowest BCUT2D eigenvalue weighted by atomic mass is 9.95. The molecule has 0 radical (unpaired) electrons. The molecule has 0 spiro atoms. The lowest BCUT2D eigenvalue weighted by molar-refractivity contribution is -0.135. The molecule has 1 saturated heterocycles. The van der Waals surface area contributed by atoms with Crippen LogP contribution in [-0.4, -0.2) is 42.4 Å². The van der Waals surface area contributed by atoms with Gasteiger partial charge >= 0.3 is 5.97 Å².